The average molecular weight is 353 g/mol. The van der Waals surface area contributed by atoms with Gasteiger partial charge in [-0.1, -0.05) is 64.0 Å². The smallest absolute Gasteiger partial charge is 0.309 e. The first-order valence-electron chi connectivity index (χ1n) is 10.2. The fraction of sp³-hybridized carbons (Fsp3) is 0.810. The molecule has 1 rings (SSSR count). The van der Waals surface area contributed by atoms with E-state index in [4.69, 9.17) is 4.74 Å². The average Bonchev–Trinajstić information content (AvgIpc) is 2.62. The van der Waals surface area contributed by atoms with E-state index < -0.39 is 17.8 Å². The zero-order valence-electron chi connectivity index (χ0n) is 15.9. The third-order valence-corrected chi connectivity index (χ3v) is 5.04. The molecule has 1 fully saturated rings. The molecule has 0 heterocycles. The zero-order valence-corrected chi connectivity index (χ0v) is 15.9. The van der Waals surface area contributed by atoms with Crippen molar-refractivity contribution in [3.05, 3.63) is 12.2 Å². The molecule has 2 atom stereocenters. The van der Waals surface area contributed by atoms with Crippen LogP contribution in [0.2, 0.25) is 0 Å². The standard InChI is InChI=1S/C21H36O4/c1-2-3-4-5-6-7-8-9-10-11-14-17-25-21(24)19-16-13-12-15-18(19)20(22)23/h9-10,18-19H,2-8,11-17H2,1H3,(H,22,23)/b10-9+. The Morgan fingerprint density at radius 3 is 2.20 bits per heavy atom. The second-order valence-electron chi connectivity index (χ2n) is 7.17. The molecule has 1 saturated carbocycles. The lowest BCUT2D eigenvalue weighted by molar-refractivity contribution is -0.159. The van der Waals surface area contributed by atoms with Crippen LogP contribution in [-0.4, -0.2) is 23.7 Å². The summed E-state index contributed by atoms with van der Waals surface area (Å²) in [5.74, 6) is -2.18. The first-order chi connectivity index (χ1) is 12.2. The summed E-state index contributed by atoms with van der Waals surface area (Å²) in [5.41, 5.74) is 0. The molecule has 0 radical (unpaired) electrons. The minimum Gasteiger partial charge on any atom is -0.481 e. The number of carboxylic acid groups (broad SMARTS) is 1. The number of esters is 1. The summed E-state index contributed by atoms with van der Waals surface area (Å²) in [7, 11) is 0. The van der Waals surface area contributed by atoms with Crippen molar-refractivity contribution >= 4 is 11.9 Å². The van der Waals surface area contributed by atoms with Crippen LogP contribution in [0.5, 0.6) is 0 Å². The van der Waals surface area contributed by atoms with E-state index in [0.717, 1.165) is 32.1 Å². The summed E-state index contributed by atoms with van der Waals surface area (Å²) in [6, 6.07) is 0. The summed E-state index contributed by atoms with van der Waals surface area (Å²) >= 11 is 0. The van der Waals surface area contributed by atoms with Crippen molar-refractivity contribution in [2.45, 2.75) is 90.4 Å². The number of hydrogen-bond donors (Lipinski definition) is 1. The molecular formula is C21H36O4. The van der Waals surface area contributed by atoms with Gasteiger partial charge in [-0.3, -0.25) is 9.59 Å². The molecule has 0 amide bonds. The van der Waals surface area contributed by atoms with Crippen molar-refractivity contribution in [2.75, 3.05) is 6.61 Å². The molecule has 4 nitrogen and oxygen atoms in total. The summed E-state index contributed by atoms with van der Waals surface area (Å²) in [6.45, 7) is 2.63. The number of carboxylic acids is 1. The van der Waals surface area contributed by atoms with Gasteiger partial charge in [-0.25, -0.2) is 0 Å². The maximum absolute atomic E-state index is 12.1. The van der Waals surface area contributed by atoms with Crippen LogP contribution in [0.25, 0.3) is 0 Å². The molecule has 1 aliphatic rings. The normalized spacial score (nSPS) is 20.7. The third kappa shape index (κ3) is 9.66. The van der Waals surface area contributed by atoms with Crippen molar-refractivity contribution in [1.29, 1.82) is 0 Å². The molecule has 25 heavy (non-hydrogen) atoms. The van der Waals surface area contributed by atoms with Gasteiger partial charge in [0.05, 0.1) is 18.4 Å². The molecule has 144 valence electrons. The van der Waals surface area contributed by atoms with Crippen molar-refractivity contribution in [2.24, 2.45) is 11.8 Å². The highest BCUT2D eigenvalue weighted by molar-refractivity contribution is 5.81. The molecule has 2 unspecified atom stereocenters. The van der Waals surface area contributed by atoms with E-state index in [-0.39, 0.29) is 5.97 Å². The molecule has 0 aromatic rings. The number of allylic oxidation sites excluding steroid dienone is 2. The highest BCUT2D eigenvalue weighted by Gasteiger charge is 2.36. The van der Waals surface area contributed by atoms with Crippen LogP contribution in [0, 0.1) is 11.8 Å². The molecule has 0 aromatic heterocycles. The molecule has 1 aliphatic carbocycles. The lowest BCUT2D eigenvalue weighted by Crippen LogP contribution is -2.33. The molecule has 0 spiro atoms. The number of hydrogen-bond acceptors (Lipinski definition) is 3. The Balaban J connectivity index is 2.04. The predicted octanol–water partition coefficient (Wildman–Crippen LogP) is 5.51. The van der Waals surface area contributed by atoms with E-state index in [1.54, 1.807) is 0 Å². The van der Waals surface area contributed by atoms with E-state index in [0.29, 0.717) is 19.4 Å². The van der Waals surface area contributed by atoms with Gasteiger partial charge >= 0.3 is 11.9 Å². The highest BCUT2D eigenvalue weighted by atomic mass is 16.5. The number of rotatable bonds is 13. The Morgan fingerprint density at radius 2 is 1.52 bits per heavy atom. The fourth-order valence-electron chi connectivity index (χ4n) is 3.47. The minimum absolute atomic E-state index is 0.317. The number of carbonyl (C=O) groups is 2. The van der Waals surface area contributed by atoms with Crippen molar-refractivity contribution in [3.63, 3.8) is 0 Å². The maximum atomic E-state index is 12.1. The maximum Gasteiger partial charge on any atom is 0.309 e. The van der Waals surface area contributed by atoms with Crippen LogP contribution in [0.15, 0.2) is 12.2 Å². The summed E-state index contributed by atoms with van der Waals surface area (Å²) in [5, 5.41) is 9.21. The van der Waals surface area contributed by atoms with Gasteiger partial charge < -0.3 is 9.84 Å². The van der Waals surface area contributed by atoms with Gasteiger partial charge in [0.2, 0.25) is 0 Å². The van der Waals surface area contributed by atoms with E-state index in [1.807, 2.05) is 0 Å². The van der Waals surface area contributed by atoms with Crippen molar-refractivity contribution in [3.8, 4) is 0 Å². The van der Waals surface area contributed by atoms with Gasteiger partial charge in [0.15, 0.2) is 0 Å². The summed E-state index contributed by atoms with van der Waals surface area (Å²) in [4.78, 5) is 23.3. The Labute approximate surface area is 153 Å². The summed E-state index contributed by atoms with van der Waals surface area (Å²) < 4.78 is 5.31. The van der Waals surface area contributed by atoms with Gasteiger partial charge in [0.1, 0.15) is 0 Å². The van der Waals surface area contributed by atoms with Gasteiger partial charge in [-0.2, -0.15) is 0 Å². The van der Waals surface area contributed by atoms with Gasteiger partial charge in [-0.15, -0.1) is 0 Å². The first kappa shape index (κ1) is 21.7. The number of ether oxygens (including phenoxy) is 1. The molecule has 0 aliphatic heterocycles. The van der Waals surface area contributed by atoms with Crippen LogP contribution in [0.3, 0.4) is 0 Å². The number of aliphatic carboxylic acids is 1. The van der Waals surface area contributed by atoms with Crippen LogP contribution in [0.1, 0.15) is 90.4 Å². The molecule has 1 N–H and O–H groups in total. The molecule has 0 saturated heterocycles. The third-order valence-electron chi connectivity index (χ3n) is 5.04. The second kappa shape index (κ2) is 13.9. The predicted molar refractivity (Wildman–Crippen MR) is 100 cm³/mol. The van der Waals surface area contributed by atoms with Crippen LogP contribution in [0.4, 0.5) is 0 Å². The minimum atomic E-state index is -0.862. The summed E-state index contributed by atoms with van der Waals surface area (Å²) in [6.07, 6.45) is 18.2. The van der Waals surface area contributed by atoms with Crippen LogP contribution < -0.4 is 0 Å². The lowest BCUT2D eigenvalue weighted by atomic mass is 9.79. The van der Waals surface area contributed by atoms with Gasteiger partial charge in [-0.05, 0) is 38.5 Å². The van der Waals surface area contributed by atoms with E-state index in [2.05, 4.69) is 19.1 Å². The van der Waals surface area contributed by atoms with Crippen LogP contribution >= 0.6 is 0 Å². The van der Waals surface area contributed by atoms with Crippen molar-refractivity contribution < 1.29 is 19.4 Å². The monoisotopic (exact) mass is 352 g/mol. The molecule has 0 bridgehead atoms. The Morgan fingerprint density at radius 1 is 0.920 bits per heavy atom. The van der Waals surface area contributed by atoms with E-state index in [9.17, 15) is 14.7 Å². The zero-order chi connectivity index (χ0) is 18.3. The quantitative estimate of drug-likeness (QED) is 0.270. The lowest BCUT2D eigenvalue weighted by Gasteiger charge is -2.26. The van der Waals surface area contributed by atoms with Gasteiger partial charge in [0.25, 0.3) is 0 Å². The topological polar surface area (TPSA) is 63.6 Å². The highest BCUT2D eigenvalue weighted by Crippen LogP contribution is 2.31. The molecular weight excluding hydrogens is 316 g/mol. The Bertz CT molecular complexity index is 403. The SMILES string of the molecule is CCCCCCCC/C=C/CCCOC(=O)C1CCCCC1C(=O)O. The Hall–Kier alpha value is -1.32. The number of carbonyl (C=O) groups excluding carboxylic acids is 1. The van der Waals surface area contributed by atoms with E-state index in [1.165, 1.54) is 38.5 Å². The molecule has 4 heteroatoms. The largest absolute Gasteiger partial charge is 0.481 e. The second-order valence-corrected chi connectivity index (χ2v) is 7.17. The van der Waals surface area contributed by atoms with Crippen molar-refractivity contribution in [1.82, 2.24) is 0 Å². The fourth-order valence-corrected chi connectivity index (χ4v) is 3.47. The van der Waals surface area contributed by atoms with Gasteiger partial charge in [0, 0.05) is 0 Å². The van der Waals surface area contributed by atoms with Crippen LogP contribution in [-0.2, 0) is 14.3 Å². The first-order valence-corrected chi connectivity index (χ1v) is 10.2. The van der Waals surface area contributed by atoms with E-state index >= 15 is 0 Å². The molecule has 0 aromatic carbocycles. The Kier molecular flexibility index (Phi) is 12.1. The number of unbranched alkanes of at least 4 members (excludes halogenated alkanes) is 7.